The molecular weight excluding hydrogens is 469 g/mol. The number of hydrogen-bond donors (Lipinski definition) is 0. The lowest BCUT2D eigenvalue weighted by Crippen LogP contribution is -2.29. The van der Waals surface area contributed by atoms with Crippen LogP contribution in [0.4, 0.5) is 10.1 Å². The number of nitrogens with zero attached hydrogens (tertiary/aromatic N) is 1. The zero-order valence-corrected chi connectivity index (χ0v) is 20.2. The second kappa shape index (κ2) is 8.75. The number of halogens is 1. The number of ether oxygens (including phenoxy) is 1. The van der Waals surface area contributed by atoms with Gasteiger partial charge < -0.3 is 9.15 Å². The third kappa shape index (κ3) is 3.87. The standard InChI is InChI=1S/C31H22FNO4/c1-18-11-13-22(15-19(18)2)33-28(20-7-6-10-24(16-20)36-23-8-4-3-5-9-23)27-29(34)25-17-21(32)12-14-26(25)37-30(27)31(33)35/h3-17,28H,1-2H3. The van der Waals surface area contributed by atoms with Gasteiger partial charge in [-0.15, -0.1) is 0 Å². The molecule has 0 N–H and O–H groups in total. The second-order valence-corrected chi connectivity index (χ2v) is 9.15. The van der Waals surface area contributed by atoms with Crippen molar-refractivity contribution in [3.05, 3.63) is 135 Å². The van der Waals surface area contributed by atoms with Crippen LogP contribution in [0.5, 0.6) is 11.5 Å². The van der Waals surface area contributed by atoms with Crippen LogP contribution in [0.2, 0.25) is 0 Å². The third-order valence-corrected chi connectivity index (χ3v) is 6.75. The van der Waals surface area contributed by atoms with Crippen molar-refractivity contribution in [1.82, 2.24) is 0 Å². The molecule has 0 saturated heterocycles. The van der Waals surface area contributed by atoms with Crippen LogP contribution in [0.25, 0.3) is 11.0 Å². The lowest BCUT2D eigenvalue weighted by atomic mass is 9.97. The molecule has 0 bridgehead atoms. The van der Waals surface area contributed by atoms with E-state index in [0.717, 1.165) is 17.2 Å². The lowest BCUT2D eigenvalue weighted by Gasteiger charge is -2.26. The SMILES string of the molecule is Cc1ccc(N2C(=O)c3oc4ccc(F)cc4c(=O)c3C2c2cccc(Oc3ccccc3)c2)cc1C. The van der Waals surface area contributed by atoms with Gasteiger partial charge in [0.1, 0.15) is 22.9 Å². The molecule has 4 aromatic carbocycles. The van der Waals surface area contributed by atoms with Gasteiger partial charge in [0.05, 0.1) is 17.0 Å². The number of carbonyl (C=O) groups is 1. The van der Waals surface area contributed by atoms with Crippen molar-refractivity contribution < 1.29 is 18.3 Å². The zero-order chi connectivity index (χ0) is 25.7. The number of fused-ring (bicyclic) bond motifs is 2. The van der Waals surface area contributed by atoms with Crippen molar-refractivity contribution in [1.29, 1.82) is 0 Å². The molecule has 182 valence electrons. The first-order valence-corrected chi connectivity index (χ1v) is 11.9. The molecule has 0 radical (unpaired) electrons. The van der Waals surface area contributed by atoms with Crippen molar-refractivity contribution in [2.75, 3.05) is 4.90 Å². The molecule has 1 aliphatic heterocycles. The molecule has 1 amide bonds. The molecule has 2 heterocycles. The molecule has 6 heteroatoms. The van der Waals surface area contributed by atoms with Gasteiger partial charge in [-0.05, 0) is 85.1 Å². The van der Waals surface area contributed by atoms with Crippen LogP contribution >= 0.6 is 0 Å². The number of aryl methyl sites for hydroxylation is 2. The molecule has 6 rings (SSSR count). The van der Waals surface area contributed by atoms with Gasteiger partial charge in [-0.2, -0.15) is 0 Å². The van der Waals surface area contributed by atoms with Crippen LogP contribution < -0.4 is 15.1 Å². The average molecular weight is 492 g/mol. The van der Waals surface area contributed by atoms with Crippen molar-refractivity contribution in [2.24, 2.45) is 0 Å². The van der Waals surface area contributed by atoms with E-state index in [4.69, 9.17) is 9.15 Å². The van der Waals surface area contributed by atoms with Crippen LogP contribution in [0.15, 0.2) is 100 Å². The monoisotopic (exact) mass is 491 g/mol. The van der Waals surface area contributed by atoms with Gasteiger partial charge in [0.25, 0.3) is 5.91 Å². The number of hydrogen-bond acceptors (Lipinski definition) is 4. The van der Waals surface area contributed by atoms with E-state index in [1.54, 1.807) is 4.90 Å². The highest BCUT2D eigenvalue weighted by molar-refractivity contribution is 6.10. The van der Waals surface area contributed by atoms with Gasteiger partial charge in [0.15, 0.2) is 5.43 Å². The smallest absolute Gasteiger partial charge is 0.295 e. The molecule has 0 spiro atoms. The van der Waals surface area contributed by atoms with Crippen molar-refractivity contribution in [2.45, 2.75) is 19.9 Å². The summed E-state index contributed by atoms with van der Waals surface area (Å²) in [4.78, 5) is 29.1. The first-order chi connectivity index (χ1) is 17.9. The van der Waals surface area contributed by atoms with Crippen molar-refractivity contribution in [3.63, 3.8) is 0 Å². The maximum absolute atomic E-state index is 14.1. The van der Waals surface area contributed by atoms with E-state index in [1.165, 1.54) is 12.1 Å². The average Bonchev–Trinajstić information content (AvgIpc) is 3.19. The summed E-state index contributed by atoms with van der Waals surface area (Å²) in [5.41, 5.74) is 3.30. The minimum absolute atomic E-state index is 0.0401. The number of anilines is 1. The van der Waals surface area contributed by atoms with E-state index in [9.17, 15) is 14.0 Å². The molecule has 5 nitrogen and oxygen atoms in total. The fourth-order valence-electron chi connectivity index (χ4n) is 4.77. The molecule has 1 unspecified atom stereocenters. The second-order valence-electron chi connectivity index (χ2n) is 9.15. The molecular formula is C31H22FNO4. The van der Waals surface area contributed by atoms with Crippen LogP contribution in [-0.2, 0) is 0 Å². The molecule has 0 fully saturated rings. The summed E-state index contributed by atoms with van der Waals surface area (Å²) >= 11 is 0. The van der Waals surface area contributed by atoms with Gasteiger partial charge >= 0.3 is 0 Å². The normalized spacial score (nSPS) is 14.7. The Morgan fingerprint density at radius 1 is 0.811 bits per heavy atom. The van der Waals surface area contributed by atoms with Crippen molar-refractivity contribution in [3.8, 4) is 11.5 Å². The van der Waals surface area contributed by atoms with Crippen LogP contribution in [0.3, 0.4) is 0 Å². The summed E-state index contributed by atoms with van der Waals surface area (Å²) in [7, 11) is 0. The largest absolute Gasteiger partial charge is 0.457 e. The van der Waals surface area contributed by atoms with Gasteiger partial charge in [-0.3, -0.25) is 14.5 Å². The third-order valence-electron chi connectivity index (χ3n) is 6.75. The lowest BCUT2D eigenvalue weighted by molar-refractivity contribution is 0.0971. The Balaban J connectivity index is 1.57. The maximum Gasteiger partial charge on any atom is 0.295 e. The van der Waals surface area contributed by atoms with Crippen LogP contribution in [0, 0.1) is 19.7 Å². The molecule has 37 heavy (non-hydrogen) atoms. The Labute approximate surface area is 212 Å². The highest BCUT2D eigenvalue weighted by Gasteiger charge is 2.44. The first-order valence-electron chi connectivity index (χ1n) is 11.9. The number of benzene rings is 4. The summed E-state index contributed by atoms with van der Waals surface area (Å²) in [5.74, 6) is 0.197. The summed E-state index contributed by atoms with van der Waals surface area (Å²) < 4.78 is 26.1. The van der Waals surface area contributed by atoms with E-state index in [0.29, 0.717) is 22.7 Å². The van der Waals surface area contributed by atoms with E-state index < -0.39 is 23.2 Å². The predicted molar refractivity (Wildman–Crippen MR) is 140 cm³/mol. The summed E-state index contributed by atoms with van der Waals surface area (Å²) in [6.45, 7) is 3.96. The first kappa shape index (κ1) is 22.7. The molecule has 0 aliphatic carbocycles. The summed E-state index contributed by atoms with van der Waals surface area (Å²) in [6.07, 6.45) is 0. The zero-order valence-electron chi connectivity index (χ0n) is 20.2. The molecule has 1 aromatic heterocycles. The summed E-state index contributed by atoms with van der Waals surface area (Å²) in [6, 6.07) is 25.3. The molecule has 0 saturated carbocycles. The molecule has 1 aliphatic rings. The van der Waals surface area contributed by atoms with E-state index >= 15 is 0 Å². The highest BCUT2D eigenvalue weighted by Crippen LogP contribution is 2.42. The van der Waals surface area contributed by atoms with Gasteiger partial charge in [-0.1, -0.05) is 36.4 Å². The Morgan fingerprint density at radius 2 is 1.59 bits per heavy atom. The Kier molecular flexibility index (Phi) is 5.37. The number of amides is 1. The number of para-hydroxylation sites is 1. The Morgan fingerprint density at radius 3 is 2.38 bits per heavy atom. The van der Waals surface area contributed by atoms with Crippen LogP contribution in [-0.4, -0.2) is 5.91 Å². The van der Waals surface area contributed by atoms with E-state index in [1.807, 2.05) is 86.6 Å². The number of rotatable bonds is 4. The van der Waals surface area contributed by atoms with E-state index in [-0.39, 0.29) is 22.3 Å². The predicted octanol–water partition coefficient (Wildman–Crippen LogP) is 7.09. The summed E-state index contributed by atoms with van der Waals surface area (Å²) in [5, 5.41) is 0.0928. The number of carbonyl (C=O) groups excluding carboxylic acids is 1. The molecule has 5 aromatic rings. The molecule has 1 atom stereocenters. The Hall–Kier alpha value is -4.71. The fourth-order valence-corrected chi connectivity index (χ4v) is 4.77. The topological polar surface area (TPSA) is 59.8 Å². The quantitative estimate of drug-likeness (QED) is 0.269. The van der Waals surface area contributed by atoms with Gasteiger partial charge in [0, 0.05) is 5.69 Å². The van der Waals surface area contributed by atoms with Crippen LogP contribution in [0.1, 0.15) is 38.9 Å². The highest BCUT2D eigenvalue weighted by atomic mass is 19.1. The van der Waals surface area contributed by atoms with E-state index in [2.05, 4.69) is 0 Å². The maximum atomic E-state index is 14.1. The van der Waals surface area contributed by atoms with Gasteiger partial charge in [-0.25, -0.2) is 4.39 Å². The minimum atomic E-state index is -0.784. The fraction of sp³-hybridized carbons (Fsp3) is 0.0968. The van der Waals surface area contributed by atoms with Crippen molar-refractivity contribution >= 4 is 22.6 Å². The Bertz CT molecular complexity index is 1740. The minimum Gasteiger partial charge on any atom is -0.457 e. The van der Waals surface area contributed by atoms with Gasteiger partial charge in [0.2, 0.25) is 5.76 Å².